The number of benzene rings is 2. The zero-order valence-corrected chi connectivity index (χ0v) is 10.2. The van der Waals surface area contributed by atoms with Gasteiger partial charge in [0.1, 0.15) is 11.6 Å². The summed E-state index contributed by atoms with van der Waals surface area (Å²) in [7, 11) is 0. The lowest BCUT2D eigenvalue weighted by Crippen LogP contribution is -2.10. The summed E-state index contributed by atoms with van der Waals surface area (Å²) < 4.78 is 27.5. The highest BCUT2D eigenvalue weighted by Crippen LogP contribution is 2.30. The minimum atomic E-state index is -0.581. The van der Waals surface area contributed by atoms with E-state index in [1.165, 1.54) is 18.2 Å². The molecule has 0 N–H and O–H groups in total. The Bertz CT molecular complexity index is 642. The monoisotopic (exact) mass is 258 g/mol. The molecule has 0 radical (unpaired) electrons. The Morgan fingerprint density at radius 3 is 2.42 bits per heavy atom. The van der Waals surface area contributed by atoms with Crippen molar-refractivity contribution in [2.75, 3.05) is 0 Å². The lowest BCUT2D eigenvalue weighted by Gasteiger charge is -2.16. The van der Waals surface area contributed by atoms with Crippen molar-refractivity contribution >= 4 is 5.78 Å². The van der Waals surface area contributed by atoms with Gasteiger partial charge in [-0.05, 0) is 36.1 Å². The quantitative estimate of drug-likeness (QED) is 0.751. The van der Waals surface area contributed by atoms with Gasteiger partial charge in [0, 0.05) is 12.0 Å². The molecule has 19 heavy (non-hydrogen) atoms. The van der Waals surface area contributed by atoms with Crippen molar-refractivity contribution in [2.45, 2.75) is 19.3 Å². The molecule has 2 aromatic carbocycles. The van der Waals surface area contributed by atoms with Gasteiger partial charge in [0.05, 0.1) is 5.56 Å². The molecule has 0 unspecified atom stereocenters. The van der Waals surface area contributed by atoms with Crippen LogP contribution in [0.5, 0.6) is 0 Å². The van der Waals surface area contributed by atoms with Crippen LogP contribution >= 0.6 is 0 Å². The first-order valence-electron chi connectivity index (χ1n) is 6.27. The van der Waals surface area contributed by atoms with Crippen molar-refractivity contribution in [3.63, 3.8) is 0 Å². The molecule has 0 fully saturated rings. The molecule has 3 heteroatoms. The summed E-state index contributed by atoms with van der Waals surface area (Å²) >= 11 is 0. The van der Waals surface area contributed by atoms with Crippen LogP contribution < -0.4 is 0 Å². The van der Waals surface area contributed by atoms with E-state index in [2.05, 4.69) is 0 Å². The second kappa shape index (κ2) is 4.57. The highest BCUT2D eigenvalue weighted by atomic mass is 19.1. The van der Waals surface area contributed by atoms with E-state index < -0.39 is 11.6 Å². The Balaban J connectivity index is 2.15. The summed E-state index contributed by atoms with van der Waals surface area (Å²) in [5.41, 5.74) is 2.04. The van der Waals surface area contributed by atoms with Crippen molar-refractivity contribution in [2.24, 2.45) is 0 Å². The highest BCUT2D eigenvalue weighted by molar-refractivity contribution is 5.99. The molecule has 0 aromatic heterocycles. The number of fused-ring (bicyclic) bond motifs is 1. The Hall–Kier alpha value is -2.03. The van der Waals surface area contributed by atoms with Gasteiger partial charge in [-0.3, -0.25) is 4.79 Å². The maximum absolute atomic E-state index is 13.7. The number of aryl methyl sites for hydroxylation is 1. The smallest absolute Gasteiger partial charge is 0.163 e. The van der Waals surface area contributed by atoms with E-state index in [0.29, 0.717) is 17.5 Å². The van der Waals surface area contributed by atoms with Gasteiger partial charge in [-0.1, -0.05) is 24.3 Å². The Kier molecular flexibility index (Phi) is 2.90. The van der Waals surface area contributed by atoms with Crippen LogP contribution in [0.15, 0.2) is 36.4 Å². The van der Waals surface area contributed by atoms with Gasteiger partial charge in [0.25, 0.3) is 0 Å². The standard InChI is InChI=1S/C16H12F2O/c17-13-4-2-5-14(18)16(13)11-7-8-12-10(9-11)3-1-6-15(12)19/h2,4-5,7-9H,1,3,6H2. The van der Waals surface area contributed by atoms with Crippen LogP contribution in [0.3, 0.4) is 0 Å². The molecule has 0 heterocycles. The molecule has 0 saturated heterocycles. The minimum Gasteiger partial charge on any atom is -0.294 e. The molecule has 0 amide bonds. The van der Waals surface area contributed by atoms with Gasteiger partial charge in [0.2, 0.25) is 0 Å². The molecule has 1 aliphatic carbocycles. The normalized spacial score (nSPS) is 14.3. The van der Waals surface area contributed by atoms with Gasteiger partial charge in [-0.2, -0.15) is 0 Å². The predicted molar refractivity (Wildman–Crippen MR) is 69.1 cm³/mol. The maximum Gasteiger partial charge on any atom is 0.163 e. The number of hydrogen-bond donors (Lipinski definition) is 0. The van der Waals surface area contributed by atoms with Gasteiger partial charge < -0.3 is 0 Å². The maximum atomic E-state index is 13.7. The minimum absolute atomic E-state index is 0.0247. The van der Waals surface area contributed by atoms with E-state index in [4.69, 9.17) is 0 Å². The van der Waals surface area contributed by atoms with Gasteiger partial charge in [-0.15, -0.1) is 0 Å². The number of carbonyl (C=O) groups excluding carboxylic acids is 1. The first-order valence-corrected chi connectivity index (χ1v) is 6.27. The third-order valence-corrected chi connectivity index (χ3v) is 3.51. The Morgan fingerprint density at radius 2 is 1.68 bits per heavy atom. The number of rotatable bonds is 1. The van der Waals surface area contributed by atoms with Gasteiger partial charge in [0.15, 0.2) is 5.78 Å². The van der Waals surface area contributed by atoms with Crippen LogP contribution in [0.25, 0.3) is 11.1 Å². The predicted octanol–water partition coefficient (Wildman–Crippen LogP) is 4.15. The number of Topliss-reactive ketones (excluding diaryl/α,β-unsaturated/α-hetero) is 1. The van der Waals surface area contributed by atoms with Crippen molar-refractivity contribution < 1.29 is 13.6 Å². The number of halogens is 2. The van der Waals surface area contributed by atoms with E-state index >= 15 is 0 Å². The fourth-order valence-electron chi connectivity index (χ4n) is 2.58. The van der Waals surface area contributed by atoms with E-state index in [-0.39, 0.29) is 11.3 Å². The topological polar surface area (TPSA) is 17.1 Å². The molecule has 0 spiro atoms. The zero-order valence-electron chi connectivity index (χ0n) is 10.2. The largest absolute Gasteiger partial charge is 0.294 e. The summed E-state index contributed by atoms with van der Waals surface area (Å²) in [4.78, 5) is 11.7. The number of ketones is 1. The summed E-state index contributed by atoms with van der Waals surface area (Å²) in [5.74, 6) is -1.05. The molecular formula is C16H12F2O. The van der Waals surface area contributed by atoms with Crippen LogP contribution in [0.1, 0.15) is 28.8 Å². The first kappa shape index (κ1) is 12.0. The summed E-state index contributed by atoms with van der Waals surface area (Å²) in [6.45, 7) is 0. The van der Waals surface area contributed by atoms with Crippen LogP contribution in [0.2, 0.25) is 0 Å². The molecule has 1 aliphatic rings. The SMILES string of the molecule is O=C1CCCc2cc(-c3c(F)cccc3F)ccc21. The van der Waals surface area contributed by atoms with E-state index in [0.717, 1.165) is 18.4 Å². The van der Waals surface area contributed by atoms with Crippen molar-refractivity contribution in [1.82, 2.24) is 0 Å². The van der Waals surface area contributed by atoms with Gasteiger partial charge in [-0.25, -0.2) is 8.78 Å². The summed E-state index contributed by atoms with van der Waals surface area (Å²) in [6, 6.07) is 8.84. The highest BCUT2D eigenvalue weighted by Gasteiger charge is 2.19. The third-order valence-electron chi connectivity index (χ3n) is 3.51. The van der Waals surface area contributed by atoms with Crippen LogP contribution in [-0.4, -0.2) is 5.78 Å². The molecular weight excluding hydrogens is 246 g/mol. The van der Waals surface area contributed by atoms with Crippen LogP contribution in [0.4, 0.5) is 8.78 Å². The lowest BCUT2D eigenvalue weighted by molar-refractivity contribution is 0.0972. The molecule has 96 valence electrons. The van der Waals surface area contributed by atoms with E-state index in [1.54, 1.807) is 18.2 Å². The molecule has 1 nitrogen and oxygen atoms in total. The fraction of sp³-hybridized carbons (Fsp3) is 0.188. The third kappa shape index (κ3) is 2.05. The number of carbonyl (C=O) groups is 1. The van der Waals surface area contributed by atoms with Crippen molar-refractivity contribution in [3.8, 4) is 11.1 Å². The fourth-order valence-corrected chi connectivity index (χ4v) is 2.58. The first-order chi connectivity index (χ1) is 9.16. The summed E-state index contributed by atoms with van der Waals surface area (Å²) in [6.07, 6.45) is 2.14. The van der Waals surface area contributed by atoms with E-state index in [9.17, 15) is 13.6 Å². The zero-order chi connectivity index (χ0) is 13.4. The summed E-state index contributed by atoms with van der Waals surface area (Å²) in [5, 5.41) is 0. The Morgan fingerprint density at radius 1 is 0.947 bits per heavy atom. The number of hydrogen-bond acceptors (Lipinski definition) is 1. The molecule has 0 saturated carbocycles. The molecule has 3 rings (SSSR count). The second-order valence-corrected chi connectivity index (χ2v) is 4.75. The average molecular weight is 258 g/mol. The van der Waals surface area contributed by atoms with Gasteiger partial charge >= 0.3 is 0 Å². The van der Waals surface area contributed by atoms with Crippen LogP contribution in [-0.2, 0) is 6.42 Å². The second-order valence-electron chi connectivity index (χ2n) is 4.75. The van der Waals surface area contributed by atoms with E-state index in [1.807, 2.05) is 0 Å². The van der Waals surface area contributed by atoms with Crippen molar-refractivity contribution in [3.05, 3.63) is 59.2 Å². The molecule has 0 bridgehead atoms. The Labute approximate surface area is 109 Å². The molecule has 0 aliphatic heterocycles. The van der Waals surface area contributed by atoms with Crippen LogP contribution in [0, 0.1) is 11.6 Å². The van der Waals surface area contributed by atoms with Crippen molar-refractivity contribution in [1.29, 1.82) is 0 Å². The lowest BCUT2D eigenvalue weighted by atomic mass is 9.88. The molecule has 0 atom stereocenters. The molecule has 2 aromatic rings. The average Bonchev–Trinajstić information content (AvgIpc) is 2.39.